The molecule has 0 saturated heterocycles. The van der Waals surface area contributed by atoms with Crippen LogP contribution in [-0.4, -0.2) is 9.73 Å². The predicted octanol–water partition coefficient (Wildman–Crippen LogP) is 4.72. The fraction of sp³-hybridized carbons (Fsp3) is 0.812. The van der Waals surface area contributed by atoms with Gasteiger partial charge in [0.05, 0.1) is 5.03 Å². The smallest absolute Gasteiger partial charge is 0.305 e. The number of H-pyrrole nitrogens is 1. The SMILES string of the molecule is CC1CC2(C)C(C)c3sc(=O)[nH]c3SC2(C)C(C)C1C. The second-order valence-corrected chi connectivity index (χ2v) is 9.86. The van der Waals surface area contributed by atoms with Crippen LogP contribution in [0.3, 0.4) is 0 Å². The second kappa shape index (κ2) is 4.39. The molecule has 0 amide bonds. The maximum Gasteiger partial charge on any atom is 0.305 e. The van der Waals surface area contributed by atoms with Crippen molar-refractivity contribution < 1.29 is 0 Å². The number of rotatable bonds is 0. The molecule has 6 unspecified atom stereocenters. The van der Waals surface area contributed by atoms with Gasteiger partial charge in [-0.3, -0.25) is 4.79 Å². The highest BCUT2D eigenvalue weighted by Crippen LogP contribution is 2.68. The van der Waals surface area contributed by atoms with Crippen molar-refractivity contribution in [2.75, 3.05) is 0 Å². The Morgan fingerprint density at radius 3 is 2.50 bits per heavy atom. The molecule has 0 spiro atoms. The third-order valence-electron chi connectivity index (χ3n) is 6.74. The minimum atomic E-state index is 0.106. The van der Waals surface area contributed by atoms with E-state index in [4.69, 9.17) is 0 Å². The standard InChI is InChI=1S/C16H25NOS2/c1-8-7-15(5)11(4)12-13(17-14(18)19-12)20-16(15,6)10(3)9(8)2/h8-11H,7H2,1-6H3,(H,17,18). The summed E-state index contributed by atoms with van der Waals surface area (Å²) in [5.41, 5.74) is 0.265. The molecular formula is C16H25NOS2. The second-order valence-electron chi connectivity index (χ2n) is 7.39. The van der Waals surface area contributed by atoms with E-state index >= 15 is 0 Å². The van der Waals surface area contributed by atoms with E-state index < -0.39 is 0 Å². The number of aromatic amines is 1. The number of fused-ring (bicyclic) bond motifs is 2. The molecule has 0 radical (unpaired) electrons. The van der Waals surface area contributed by atoms with Gasteiger partial charge in [0.2, 0.25) is 0 Å². The molecule has 3 rings (SSSR count). The first-order chi connectivity index (χ1) is 9.20. The van der Waals surface area contributed by atoms with Crippen molar-refractivity contribution in [3.05, 3.63) is 14.5 Å². The molecule has 1 saturated carbocycles. The van der Waals surface area contributed by atoms with Crippen LogP contribution < -0.4 is 4.87 Å². The normalized spacial score (nSPS) is 47.7. The van der Waals surface area contributed by atoms with Crippen LogP contribution in [0.4, 0.5) is 0 Å². The van der Waals surface area contributed by atoms with E-state index in [1.165, 1.54) is 22.6 Å². The number of hydrogen-bond acceptors (Lipinski definition) is 3. The quantitative estimate of drug-likeness (QED) is 0.752. The summed E-state index contributed by atoms with van der Waals surface area (Å²) in [5.74, 6) is 2.60. The highest BCUT2D eigenvalue weighted by atomic mass is 32.2. The van der Waals surface area contributed by atoms with E-state index in [2.05, 4.69) is 46.5 Å². The van der Waals surface area contributed by atoms with E-state index in [9.17, 15) is 4.79 Å². The lowest BCUT2D eigenvalue weighted by Gasteiger charge is -2.61. The third-order valence-corrected chi connectivity index (χ3v) is 9.72. The lowest BCUT2D eigenvalue weighted by atomic mass is 9.52. The molecular weight excluding hydrogens is 286 g/mol. The Balaban J connectivity index is 2.17. The number of aromatic nitrogens is 1. The summed E-state index contributed by atoms with van der Waals surface area (Å²) in [7, 11) is 0. The van der Waals surface area contributed by atoms with E-state index in [1.54, 1.807) is 0 Å². The van der Waals surface area contributed by atoms with Crippen molar-refractivity contribution in [3.63, 3.8) is 0 Å². The Hall–Kier alpha value is -0.220. The first kappa shape index (κ1) is 14.7. The van der Waals surface area contributed by atoms with Crippen molar-refractivity contribution in [2.24, 2.45) is 23.2 Å². The van der Waals surface area contributed by atoms with Gasteiger partial charge in [-0.15, -0.1) is 0 Å². The van der Waals surface area contributed by atoms with Gasteiger partial charge in [-0.05, 0) is 42.4 Å². The fourth-order valence-electron chi connectivity index (χ4n) is 4.58. The van der Waals surface area contributed by atoms with E-state index in [1.807, 2.05) is 11.8 Å². The first-order valence-electron chi connectivity index (χ1n) is 7.62. The minimum absolute atomic E-state index is 0.106. The molecule has 0 bridgehead atoms. The van der Waals surface area contributed by atoms with Crippen molar-refractivity contribution in [3.8, 4) is 0 Å². The average Bonchev–Trinajstić information content (AvgIpc) is 2.73. The van der Waals surface area contributed by atoms with E-state index in [0.717, 1.165) is 16.9 Å². The van der Waals surface area contributed by atoms with Gasteiger partial charge < -0.3 is 4.98 Å². The summed E-state index contributed by atoms with van der Waals surface area (Å²) in [4.78, 5) is 16.2. The molecule has 6 atom stereocenters. The zero-order chi connectivity index (χ0) is 14.9. The largest absolute Gasteiger partial charge is 0.307 e. The average molecular weight is 312 g/mol. The summed E-state index contributed by atoms with van der Waals surface area (Å²) in [6.45, 7) is 14.4. The lowest BCUT2D eigenvalue weighted by molar-refractivity contribution is 0.00945. The van der Waals surface area contributed by atoms with Crippen molar-refractivity contribution in [2.45, 2.75) is 63.7 Å². The summed E-state index contributed by atoms with van der Waals surface area (Å²) >= 11 is 3.36. The molecule has 0 aromatic carbocycles. The number of nitrogens with one attached hydrogen (secondary N) is 1. The third kappa shape index (κ3) is 1.67. The van der Waals surface area contributed by atoms with Gasteiger partial charge >= 0.3 is 4.87 Å². The molecule has 1 aliphatic heterocycles. The summed E-state index contributed by atoms with van der Waals surface area (Å²) in [5, 5.41) is 1.14. The maximum absolute atomic E-state index is 11.8. The Bertz CT molecular complexity index is 590. The monoisotopic (exact) mass is 311 g/mol. The molecule has 1 aliphatic carbocycles. The van der Waals surface area contributed by atoms with Gasteiger partial charge in [0.15, 0.2) is 0 Å². The molecule has 112 valence electrons. The van der Waals surface area contributed by atoms with Crippen LogP contribution >= 0.6 is 23.1 Å². The van der Waals surface area contributed by atoms with Crippen molar-refractivity contribution in [1.29, 1.82) is 0 Å². The fourth-order valence-corrected chi connectivity index (χ4v) is 7.56. The summed E-state index contributed by atoms with van der Waals surface area (Å²) in [6.07, 6.45) is 1.26. The molecule has 2 nitrogen and oxygen atoms in total. The van der Waals surface area contributed by atoms with Crippen LogP contribution in [0.2, 0.25) is 0 Å². The first-order valence-corrected chi connectivity index (χ1v) is 9.26. The van der Waals surface area contributed by atoms with Gasteiger partial charge in [-0.2, -0.15) is 0 Å². The van der Waals surface area contributed by atoms with Gasteiger partial charge in [-0.25, -0.2) is 0 Å². The lowest BCUT2D eigenvalue weighted by Crippen LogP contribution is -2.57. The Morgan fingerprint density at radius 1 is 1.20 bits per heavy atom. The number of thiazole rings is 1. The zero-order valence-electron chi connectivity index (χ0n) is 13.2. The van der Waals surface area contributed by atoms with Crippen molar-refractivity contribution in [1.82, 2.24) is 4.98 Å². The predicted molar refractivity (Wildman–Crippen MR) is 87.8 cm³/mol. The van der Waals surface area contributed by atoms with Crippen LogP contribution in [0.1, 0.15) is 58.8 Å². The van der Waals surface area contributed by atoms with E-state index in [0.29, 0.717) is 11.8 Å². The molecule has 20 heavy (non-hydrogen) atoms. The molecule has 4 heteroatoms. The Labute approximate surface area is 129 Å². The van der Waals surface area contributed by atoms with E-state index in [-0.39, 0.29) is 15.0 Å². The molecule has 1 aromatic rings. The van der Waals surface area contributed by atoms with Crippen LogP contribution in [0, 0.1) is 23.2 Å². The van der Waals surface area contributed by atoms with Crippen molar-refractivity contribution >= 4 is 23.1 Å². The summed E-state index contributed by atoms with van der Waals surface area (Å²) in [6, 6.07) is 0. The van der Waals surface area contributed by atoms with Gasteiger partial charge in [0.25, 0.3) is 0 Å². The van der Waals surface area contributed by atoms with Crippen LogP contribution in [0.15, 0.2) is 9.82 Å². The van der Waals surface area contributed by atoms with Crippen LogP contribution in [0.5, 0.6) is 0 Å². The number of thioether (sulfide) groups is 1. The minimum Gasteiger partial charge on any atom is -0.307 e. The van der Waals surface area contributed by atoms with Gasteiger partial charge in [-0.1, -0.05) is 57.7 Å². The Morgan fingerprint density at radius 2 is 1.85 bits per heavy atom. The van der Waals surface area contributed by atoms with Gasteiger partial charge in [0, 0.05) is 9.62 Å². The zero-order valence-corrected chi connectivity index (χ0v) is 14.9. The highest BCUT2D eigenvalue weighted by molar-refractivity contribution is 8.00. The molecule has 1 aromatic heterocycles. The number of hydrogen-bond donors (Lipinski definition) is 1. The summed E-state index contributed by atoms with van der Waals surface area (Å²) < 4.78 is 0.204. The van der Waals surface area contributed by atoms with Crippen LogP contribution in [-0.2, 0) is 0 Å². The van der Waals surface area contributed by atoms with Gasteiger partial charge in [0.1, 0.15) is 0 Å². The molecule has 1 N–H and O–H groups in total. The molecule has 2 heterocycles. The topological polar surface area (TPSA) is 32.9 Å². The highest BCUT2D eigenvalue weighted by Gasteiger charge is 2.60. The Kier molecular flexibility index (Phi) is 3.23. The molecule has 1 fully saturated rings. The van der Waals surface area contributed by atoms with Crippen LogP contribution in [0.25, 0.3) is 0 Å². The molecule has 2 aliphatic rings. The maximum atomic E-state index is 11.8.